The molecule has 0 aliphatic carbocycles. The average molecular weight is 429 g/mol. The van der Waals surface area contributed by atoms with Crippen LogP contribution < -0.4 is 15.6 Å². The molecule has 1 aromatic heterocycles. The van der Waals surface area contributed by atoms with Gasteiger partial charge in [0.15, 0.2) is 11.6 Å². The molecular weight excluding hydrogens is 423 g/mol. The Labute approximate surface area is 132 Å². The fourth-order valence-corrected chi connectivity index (χ4v) is 2.06. The van der Waals surface area contributed by atoms with Crippen molar-refractivity contribution in [1.82, 2.24) is 9.97 Å². The third-order valence-electron chi connectivity index (χ3n) is 2.22. The summed E-state index contributed by atoms with van der Waals surface area (Å²) in [5, 5.41) is 2.61. The summed E-state index contributed by atoms with van der Waals surface area (Å²) in [7, 11) is 0. The minimum Gasteiger partial charge on any atom is -0.404 e. The van der Waals surface area contributed by atoms with Crippen LogP contribution in [0.3, 0.4) is 0 Å². The normalized spacial score (nSPS) is 11.3. The summed E-state index contributed by atoms with van der Waals surface area (Å²) < 4.78 is 41.6. The van der Waals surface area contributed by atoms with Crippen LogP contribution in [0, 0.1) is 0 Å². The number of hydrogen-bond acceptors (Lipinski definition) is 4. The van der Waals surface area contributed by atoms with Crippen molar-refractivity contribution in [3.63, 3.8) is 0 Å². The molecule has 10 heteroatoms. The highest BCUT2D eigenvalue weighted by Crippen LogP contribution is 2.35. The van der Waals surface area contributed by atoms with Crippen molar-refractivity contribution in [2.24, 2.45) is 0 Å². The van der Waals surface area contributed by atoms with Crippen molar-refractivity contribution in [1.29, 1.82) is 0 Å². The highest BCUT2D eigenvalue weighted by Gasteiger charge is 2.32. The molecule has 0 bridgehead atoms. The van der Waals surface area contributed by atoms with Crippen molar-refractivity contribution in [2.75, 3.05) is 5.32 Å². The molecule has 0 amide bonds. The number of aromatic nitrogens is 2. The molecule has 0 unspecified atom stereocenters. The van der Waals surface area contributed by atoms with Crippen LogP contribution in [0.5, 0.6) is 5.75 Å². The Morgan fingerprint density at radius 1 is 1.29 bits per heavy atom. The second-order valence-corrected chi connectivity index (χ2v) is 5.42. The Morgan fingerprint density at radius 3 is 2.67 bits per heavy atom. The van der Waals surface area contributed by atoms with Crippen LogP contribution in [0.1, 0.15) is 0 Å². The van der Waals surface area contributed by atoms with Gasteiger partial charge in [0.1, 0.15) is 4.47 Å². The number of aromatic amines is 1. The maximum Gasteiger partial charge on any atom is 0.573 e. The van der Waals surface area contributed by atoms with Gasteiger partial charge in [-0.3, -0.25) is 4.79 Å². The van der Waals surface area contributed by atoms with E-state index in [1.54, 1.807) is 0 Å². The number of nitrogens with one attached hydrogen (secondary N) is 2. The molecule has 1 heterocycles. The monoisotopic (exact) mass is 427 g/mol. The molecule has 0 atom stereocenters. The summed E-state index contributed by atoms with van der Waals surface area (Å²) in [4.78, 5) is 17.5. The fourth-order valence-electron chi connectivity index (χ4n) is 1.41. The van der Waals surface area contributed by atoms with Gasteiger partial charge in [-0.05, 0) is 34.1 Å². The predicted molar refractivity (Wildman–Crippen MR) is 76.7 cm³/mol. The van der Waals surface area contributed by atoms with Crippen molar-refractivity contribution >= 4 is 43.4 Å². The Morgan fingerprint density at radius 2 is 2.00 bits per heavy atom. The molecule has 112 valence electrons. The minimum absolute atomic E-state index is 0.00863. The summed E-state index contributed by atoms with van der Waals surface area (Å²) in [6, 6.07) is 4.03. The van der Waals surface area contributed by atoms with E-state index >= 15 is 0 Å². The first kappa shape index (κ1) is 15.8. The zero-order valence-corrected chi connectivity index (χ0v) is 13.1. The predicted octanol–water partition coefficient (Wildman–Crippen LogP) is 3.94. The van der Waals surface area contributed by atoms with Crippen LogP contribution in [0.2, 0.25) is 0 Å². The molecule has 21 heavy (non-hydrogen) atoms. The zero-order valence-electron chi connectivity index (χ0n) is 9.96. The Balaban J connectivity index is 2.40. The maximum atomic E-state index is 12.4. The Hall–Kier alpha value is -1.55. The molecule has 0 radical (unpaired) electrons. The van der Waals surface area contributed by atoms with E-state index in [1.807, 2.05) is 0 Å². The van der Waals surface area contributed by atoms with Crippen LogP contribution in [0.15, 0.2) is 38.3 Å². The van der Waals surface area contributed by atoms with E-state index in [0.29, 0.717) is 4.47 Å². The first-order chi connectivity index (χ1) is 9.76. The molecule has 0 aliphatic heterocycles. The summed E-state index contributed by atoms with van der Waals surface area (Å²) in [5.41, 5.74) is -0.461. The van der Waals surface area contributed by atoms with Gasteiger partial charge in [0.05, 0.1) is 12.0 Å². The molecule has 2 rings (SSSR count). The second kappa shape index (κ2) is 6.06. The smallest absolute Gasteiger partial charge is 0.404 e. The van der Waals surface area contributed by atoms with Gasteiger partial charge in [0, 0.05) is 4.47 Å². The van der Waals surface area contributed by atoms with Crippen molar-refractivity contribution < 1.29 is 17.9 Å². The molecule has 0 fully saturated rings. The SMILES string of the molecule is O=c1[nH]cnc(Nc2ccc(Br)cc2OC(F)(F)F)c1Br. The van der Waals surface area contributed by atoms with E-state index in [4.69, 9.17) is 0 Å². The van der Waals surface area contributed by atoms with E-state index < -0.39 is 17.7 Å². The second-order valence-electron chi connectivity index (χ2n) is 3.71. The summed E-state index contributed by atoms with van der Waals surface area (Å²) in [5.74, 6) is -0.390. The Bertz CT molecular complexity index is 719. The van der Waals surface area contributed by atoms with Gasteiger partial charge in [-0.25, -0.2) is 4.98 Å². The number of ether oxygens (including phenoxy) is 1. The van der Waals surface area contributed by atoms with Crippen LogP contribution in [-0.4, -0.2) is 16.3 Å². The van der Waals surface area contributed by atoms with E-state index in [2.05, 4.69) is 51.9 Å². The molecule has 1 aromatic carbocycles. The topological polar surface area (TPSA) is 67.0 Å². The third-order valence-corrected chi connectivity index (χ3v) is 3.45. The van der Waals surface area contributed by atoms with E-state index in [1.165, 1.54) is 12.1 Å². The number of rotatable bonds is 3. The van der Waals surface area contributed by atoms with Crippen molar-refractivity contribution in [3.8, 4) is 5.75 Å². The van der Waals surface area contributed by atoms with E-state index in [9.17, 15) is 18.0 Å². The lowest BCUT2D eigenvalue weighted by molar-refractivity contribution is -0.274. The van der Waals surface area contributed by atoms with Gasteiger partial charge in [0.25, 0.3) is 5.56 Å². The number of hydrogen-bond donors (Lipinski definition) is 2. The molecular formula is C11H6Br2F3N3O2. The number of halogens is 5. The highest BCUT2D eigenvalue weighted by molar-refractivity contribution is 9.10. The van der Waals surface area contributed by atoms with Gasteiger partial charge in [-0.2, -0.15) is 0 Å². The zero-order chi connectivity index (χ0) is 15.6. The number of alkyl halides is 3. The minimum atomic E-state index is -4.84. The van der Waals surface area contributed by atoms with Crippen LogP contribution >= 0.6 is 31.9 Å². The van der Waals surface area contributed by atoms with Gasteiger partial charge in [-0.1, -0.05) is 15.9 Å². The van der Waals surface area contributed by atoms with Gasteiger partial charge >= 0.3 is 6.36 Å². The first-order valence-electron chi connectivity index (χ1n) is 5.32. The van der Waals surface area contributed by atoms with Crippen LogP contribution in [0.25, 0.3) is 0 Å². The first-order valence-corrected chi connectivity index (χ1v) is 6.90. The summed E-state index contributed by atoms with van der Waals surface area (Å²) in [6.45, 7) is 0. The summed E-state index contributed by atoms with van der Waals surface area (Å²) in [6.07, 6.45) is -3.71. The molecule has 0 aliphatic rings. The van der Waals surface area contributed by atoms with Crippen LogP contribution in [-0.2, 0) is 0 Å². The quantitative estimate of drug-likeness (QED) is 0.777. The molecule has 0 saturated carbocycles. The van der Waals surface area contributed by atoms with Crippen molar-refractivity contribution in [2.45, 2.75) is 6.36 Å². The third kappa shape index (κ3) is 4.21. The van der Waals surface area contributed by atoms with Gasteiger partial charge < -0.3 is 15.0 Å². The molecule has 2 N–H and O–H groups in total. The highest BCUT2D eigenvalue weighted by atomic mass is 79.9. The Kier molecular flexibility index (Phi) is 4.57. The molecule has 5 nitrogen and oxygen atoms in total. The fraction of sp³-hybridized carbons (Fsp3) is 0.0909. The number of anilines is 2. The maximum absolute atomic E-state index is 12.4. The average Bonchev–Trinajstić information content (AvgIpc) is 2.36. The van der Waals surface area contributed by atoms with Gasteiger partial charge in [0.2, 0.25) is 0 Å². The molecule has 0 saturated heterocycles. The van der Waals surface area contributed by atoms with Crippen molar-refractivity contribution in [3.05, 3.63) is 43.8 Å². The number of nitrogens with zero attached hydrogens (tertiary/aromatic N) is 1. The summed E-state index contributed by atoms with van der Waals surface area (Å²) >= 11 is 6.06. The molecule has 2 aromatic rings. The van der Waals surface area contributed by atoms with E-state index in [-0.39, 0.29) is 16.0 Å². The standard InChI is InChI=1S/C11H6Br2F3N3O2/c12-5-1-2-6(7(3-5)21-11(14,15)16)19-9-8(13)10(20)18-4-17-9/h1-4H,(H2,17,18,19,20). The van der Waals surface area contributed by atoms with Gasteiger partial charge in [-0.15, -0.1) is 13.2 Å². The lowest BCUT2D eigenvalue weighted by Crippen LogP contribution is -2.18. The lowest BCUT2D eigenvalue weighted by Gasteiger charge is -2.15. The van der Waals surface area contributed by atoms with E-state index in [0.717, 1.165) is 12.4 Å². The molecule has 0 spiro atoms. The number of benzene rings is 1. The lowest BCUT2D eigenvalue weighted by atomic mass is 10.3. The van der Waals surface area contributed by atoms with Crippen LogP contribution in [0.4, 0.5) is 24.7 Å². The number of H-pyrrole nitrogens is 1. The largest absolute Gasteiger partial charge is 0.573 e.